The molecular weight excluding hydrogens is 427 g/mol. The van der Waals surface area contributed by atoms with E-state index in [4.69, 9.17) is 0 Å². The molecule has 2 N–H and O–H groups in total. The Hall–Kier alpha value is -2.09. The van der Waals surface area contributed by atoms with E-state index < -0.39 is 0 Å². The summed E-state index contributed by atoms with van der Waals surface area (Å²) < 4.78 is 0.949. The number of benzene rings is 2. The fourth-order valence-corrected chi connectivity index (χ4v) is 4.04. The summed E-state index contributed by atoms with van der Waals surface area (Å²) in [5, 5.41) is 11.1. The summed E-state index contributed by atoms with van der Waals surface area (Å²) in [6, 6.07) is 14.6. The van der Waals surface area contributed by atoms with Crippen LogP contribution in [0.1, 0.15) is 22.8 Å². The molecule has 0 saturated heterocycles. The highest BCUT2D eigenvalue weighted by Crippen LogP contribution is 2.31. The number of hydrogen-bond acceptors (Lipinski definition) is 3. The molecule has 6 heteroatoms. The summed E-state index contributed by atoms with van der Waals surface area (Å²) in [5.41, 5.74) is 4.23. The van der Waals surface area contributed by atoms with Crippen molar-refractivity contribution in [3.8, 4) is 0 Å². The van der Waals surface area contributed by atoms with E-state index in [1.807, 2.05) is 18.2 Å². The molecule has 0 saturated carbocycles. The van der Waals surface area contributed by atoms with E-state index in [2.05, 4.69) is 74.2 Å². The maximum absolute atomic E-state index is 12.5. The summed E-state index contributed by atoms with van der Waals surface area (Å²) in [6.45, 7) is 3.67. The van der Waals surface area contributed by atoms with E-state index in [1.165, 1.54) is 11.3 Å². The Morgan fingerprint density at radius 3 is 3.08 bits per heavy atom. The van der Waals surface area contributed by atoms with Crippen molar-refractivity contribution in [3.63, 3.8) is 0 Å². The van der Waals surface area contributed by atoms with Crippen LogP contribution in [0.2, 0.25) is 0 Å². The Bertz CT molecular complexity index is 936. The fourth-order valence-electron chi connectivity index (χ4n) is 3.48. The van der Waals surface area contributed by atoms with Gasteiger partial charge in [0.2, 0.25) is 0 Å². The second kappa shape index (κ2) is 6.67. The van der Waals surface area contributed by atoms with Gasteiger partial charge in [0.05, 0.1) is 5.52 Å². The number of rotatable bonds is 4. The molecule has 4 rings (SSSR count). The van der Waals surface area contributed by atoms with Gasteiger partial charge in [0.1, 0.15) is 3.70 Å². The number of H-pyrrole nitrogens is 1. The van der Waals surface area contributed by atoms with Crippen LogP contribution in [0.15, 0.2) is 42.5 Å². The number of para-hydroxylation sites is 1. The van der Waals surface area contributed by atoms with Gasteiger partial charge in [-0.2, -0.15) is 5.10 Å². The lowest BCUT2D eigenvalue weighted by molar-refractivity contribution is 0.0954. The van der Waals surface area contributed by atoms with E-state index in [0.717, 1.165) is 27.6 Å². The molecule has 1 aliphatic rings. The predicted molar refractivity (Wildman–Crippen MR) is 108 cm³/mol. The number of carbonyl (C=O) groups is 1. The first kappa shape index (κ1) is 16.4. The lowest BCUT2D eigenvalue weighted by Gasteiger charge is -2.25. The quantitative estimate of drug-likeness (QED) is 0.605. The Labute approximate surface area is 159 Å². The summed E-state index contributed by atoms with van der Waals surface area (Å²) >= 11 is 2.19. The van der Waals surface area contributed by atoms with Crippen molar-refractivity contribution in [2.75, 3.05) is 18.0 Å². The first-order valence-electron chi connectivity index (χ1n) is 8.40. The molecule has 1 unspecified atom stereocenters. The zero-order valence-corrected chi connectivity index (χ0v) is 16.1. The molecule has 5 nitrogen and oxygen atoms in total. The normalized spacial score (nSPS) is 16.2. The monoisotopic (exact) mass is 446 g/mol. The highest BCUT2D eigenvalue weighted by atomic mass is 127. The number of aromatic amines is 1. The van der Waals surface area contributed by atoms with E-state index in [-0.39, 0.29) is 5.91 Å². The molecule has 1 atom stereocenters. The number of nitrogens with zero attached hydrogens (tertiary/aromatic N) is 2. The van der Waals surface area contributed by atoms with Crippen molar-refractivity contribution in [3.05, 3.63) is 57.3 Å². The standard InChI is InChI=1S/C19H19IN4O/c1-12-10-13-4-2-3-5-17(13)24(12)9-8-21-19(25)14-6-7-16-15(11-14)18(20)23-22-16/h2-7,11-12H,8-10H2,1H3,(H,21,25)(H,22,23). The summed E-state index contributed by atoms with van der Waals surface area (Å²) in [4.78, 5) is 14.8. The van der Waals surface area contributed by atoms with Crippen molar-refractivity contribution in [2.24, 2.45) is 0 Å². The number of carbonyl (C=O) groups excluding carboxylic acids is 1. The Morgan fingerprint density at radius 1 is 1.36 bits per heavy atom. The number of nitrogens with one attached hydrogen (secondary N) is 2. The lowest BCUT2D eigenvalue weighted by Crippen LogP contribution is -2.37. The van der Waals surface area contributed by atoms with Crippen LogP contribution in [0.25, 0.3) is 10.9 Å². The maximum Gasteiger partial charge on any atom is 0.251 e. The summed E-state index contributed by atoms with van der Waals surface area (Å²) in [6.07, 6.45) is 1.07. The van der Waals surface area contributed by atoms with Crippen molar-refractivity contribution < 1.29 is 4.79 Å². The van der Waals surface area contributed by atoms with E-state index in [1.54, 1.807) is 0 Å². The number of aromatic nitrogens is 2. The average molecular weight is 446 g/mol. The number of anilines is 1. The minimum Gasteiger partial charge on any atom is -0.367 e. The topological polar surface area (TPSA) is 61.0 Å². The summed E-state index contributed by atoms with van der Waals surface area (Å²) in [5.74, 6) is -0.0426. The van der Waals surface area contributed by atoms with Crippen molar-refractivity contribution in [2.45, 2.75) is 19.4 Å². The SMILES string of the molecule is CC1Cc2ccccc2N1CCNC(=O)c1ccc2n[nH]c(I)c2c1. The molecule has 1 amide bonds. The van der Waals surface area contributed by atoms with Gasteiger partial charge in [-0.1, -0.05) is 18.2 Å². The van der Waals surface area contributed by atoms with Gasteiger partial charge in [-0.25, -0.2) is 0 Å². The van der Waals surface area contributed by atoms with Gasteiger partial charge in [0.25, 0.3) is 5.91 Å². The van der Waals surface area contributed by atoms with E-state index >= 15 is 0 Å². The van der Waals surface area contributed by atoms with Crippen LogP contribution in [-0.4, -0.2) is 35.2 Å². The van der Waals surface area contributed by atoms with Gasteiger partial charge in [-0.15, -0.1) is 0 Å². The summed E-state index contributed by atoms with van der Waals surface area (Å²) in [7, 11) is 0. The third kappa shape index (κ3) is 3.10. The van der Waals surface area contributed by atoms with Gasteiger partial charge >= 0.3 is 0 Å². The third-order valence-electron chi connectivity index (χ3n) is 4.76. The molecule has 25 heavy (non-hydrogen) atoms. The van der Waals surface area contributed by atoms with Gasteiger partial charge in [0, 0.05) is 35.8 Å². The zero-order chi connectivity index (χ0) is 17.4. The predicted octanol–water partition coefficient (Wildman–Crippen LogP) is 3.35. The number of hydrogen-bond donors (Lipinski definition) is 2. The molecule has 0 radical (unpaired) electrons. The number of amides is 1. The van der Waals surface area contributed by atoms with E-state index in [0.29, 0.717) is 18.2 Å². The van der Waals surface area contributed by atoms with Crippen LogP contribution >= 0.6 is 22.6 Å². The van der Waals surface area contributed by atoms with Crippen LogP contribution in [0.3, 0.4) is 0 Å². The molecule has 0 aliphatic carbocycles. The minimum atomic E-state index is -0.0426. The highest BCUT2D eigenvalue weighted by Gasteiger charge is 2.24. The maximum atomic E-state index is 12.5. The fraction of sp³-hybridized carbons (Fsp3) is 0.263. The van der Waals surface area contributed by atoms with Crippen LogP contribution in [0, 0.1) is 3.70 Å². The second-order valence-electron chi connectivity index (χ2n) is 6.40. The Morgan fingerprint density at radius 2 is 2.20 bits per heavy atom. The molecule has 1 aromatic heterocycles. The van der Waals surface area contributed by atoms with Crippen LogP contribution in [0.5, 0.6) is 0 Å². The van der Waals surface area contributed by atoms with Crippen LogP contribution in [0.4, 0.5) is 5.69 Å². The molecule has 0 bridgehead atoms. The molecule has 0 fully saturated rings. The van der Waals surface area contributed by atoms with Crippen molar-refractivity contribution in [1.82, 2.24) is 15.5 Å². The largest absolute Gasteiger partial charge is 0.367 e. The van der Waals surface area contributed by atoms with Crippen molar-refractivity contribution >= 4 is 45.1 Å². The van der Waals surface area contributed by atoms with Crippen LogP contribution < -0.4 is 10.2 Å². The average Bonchev–Trinajstić information content (AvgIpc) is 3.15. The zero-order valence-electron chi connectivity index (χ0n) is 13.9. The first-order valence-corrected chi connectivity index (χ1v) is 9.48. The number of halogens is 1. The molecule has 128 valence electrons. The Kier molecular flexibility index (Phi) is 4.37. The molecule has 2 heterocycles. The lowest BCUT2D eigenvalue weighted by atomic mass is 10.1. The Balaban J connectivity index is 1.41. The minimum absolute atomic E-state index is 0.0426. The smallest absolute Gasteiger partial charge is 0.251 e. The number of fused-ring (bicyclic) bond motifs is 2. The van der Waals surface area contributed by atoms with Gasteiger partial charge in [-0.3, -0.25) is 9.89 Å². The second-order valence-corrected chi connectivity index (χ2v) is 7.48. The molecule has 0 spiro atoms. The van der Waals surface area contributed by atoms with Gasteiger partial charge in [-0.05, 0) is 65.8 Å². The van der Waals surface area contributed by atoms with Gasteiger partial charge in [0.15, 0.2) is 0 Å². The molecule has 1 aliphatic heterocycles. The van der Waals surface area contributed by atoms with E-state index in [9.17, 15) is 4.79 Å². The highest BCUT2D eigenvalue weighted by molar-refractivity contribution is 14.1. The van der Waals surface area contributed by atoms with Crippen molar-refractivity contribution in [1.29, 1.82) is 0 Å². The molecule has 3 aromatic rings. The first-order chi connectivity index (χ1) is 12.1. The van der Waals surface area contributed by atoms with Gasteiger partial charge < -0.3 is 10.2 Å². The molecular formula is C19H19IN4O. The third-order valence-corrected chi connectivity index (χ3v) is 5.58. The van der Waals surface area contributed by atoms with Crippen LogP contribution in [-0.2, 0) is 6.42 Å². The molecule has 2 aromatic carbocycles.